The van der Waals surface area contributed by atoms with Crippen LogP contribution in [0.3, 0.4) is 0 Å². The van der Waals surface area contributed by atoms with E-state index in [-0.39, 0.29) is 17.7 Å². The monoisotopic (exact) mass is 319 g/mol. The molecule has 1 spiro atoms. The van der Waals surface area contributed by atoms with Crippen molar-refractivity contribution < 1.29 is 14.3 Å². The highest BCUT2D eigenvalue weighted by Crippen LogP contribution is 2.35. The quantitative estimate of drug-likeness (QED) is 0.853. The van der Waals surface area contributed by atoms with Crippen molar-refractivity contribution in [3.05, 3.63) is 29.6 Å². The number of carbonyl (C=O) groups excluding carboxylic acids is 1. The van der Waals surface area contributed by atoms with Crippen LogP contribution >= 0.6 is 0 Å². The van der Waals surface area contributed by atoms with Gasteiger partial charge in [-0.2, -0.15) is 0 Å². The lowest BCUT2D eigenvalue weighted by molar-refractivity contribution is -0.188. The van der Waals surface area contributed by atoms with Gasteiger partial charge in [0.2, 0.25) is 0 Å². The van der Waals surface area contributed by atoms with E-state index in [0.717, 1.165) is 24.0 Å². The van der Waals surface area contributed by atoms with Crippen LogP contribution < -0.4 is 0 Å². The molecule has 0 bridgehead atoms. The predicted octanol–water partition coefficient (Wildman–Crippen LogP) is 1.82. The summed E-state index contributed by atoms with van der Waals surface area (Å²) in [7, 11) is 3.55. The average molecular weight is 319 g/mol. The molecule has 6 heteroatoms. The fourth-order valence-corrected chi connectivity index (χ4v) is 3.32. The fourth-order valence-electron chi connectivity index (χ4n) is 3.32. The van der Waals surface area contributed by atoms with Crippen molar-refractivity contribution >= 4 is 6.03 Å². The van der Waals surface area contributed by atoms with Gasteiger partial charge in [-0.3, -0.25) is 4.98 Å². The molecule has 3 heterocycles. The molecule has 0 aliphatic carbocycles. The number of pyridine rings is 1. The Morgan fingerprint density at radius 1 is 1.48 bits per heavy atom. The molecule has 1 aromatic rings. The van der Waals surface area contributed by atoms with Gasteiger partial charge < -0.3 is 19.3 Å². The molecule has 2 aliphatic rings. The lowest BCUT2D eigenvalue weighted by atomic mass is 9.85. The van der Waals surface area contributed by atoms with E-state index in [2.05, 4.69) is 11.1 Å². The molecule has 126 valence electrons. The predicted molar refractivity (Wildman–Crippen MR) is 86.1 cm³/mol. The molecular weight excluding hydrogens is 294 g/mol. The van der Waals surface area contributed by atoms with E-state index in [1.807, 2.05) is 24.2 Å². The number of nitrogens with zero attached hydrogens (tertiary/aromatic N) is 3. The van der Waals surface area contributed by atoms with Crippen LogP contribution in [0.15, 0.2) is 18.5 Å². The van der Waals surface area contributed by atoms with Gasteiger partial charge in [0.25, 0.3) is 0 Å². The summed E-state index contributed by atoms with van der Waals surface area (Å²) < 4.78 is 12.0. The van der Waals surface area contributed by atoms with Crippen LogP contribution in [0.1, 0.15) is 24.0 Å². The highest BCUT2D eigenvalue weighted by Gasteiger charge is 2.49. The van der Waals surface area contributed by atoms with Gasteiger partial charge in [-0.15, -0.1) is 0 Å². The van der Waals surface area contributed by atoms with E-state index in [4.69, 9.17) is 9.47 Å². The number of ether oxygens (including phenoxy) is 2. The minimum atomic E-state index is -0.209. The third-order valence-corrected chi connectivity index (χ3v) is 4.48. The normalized spacial score (nSPS) is 22.7. The summed E-state index contributed by atoms with van der Waals surface area (Å²) in [6.07, 6.45) is 5.63. The van der Waals surface area contributed by atoms with Crippen LogP contribution in [0.25, 0.3) is 0 Å². The lowest BCUT2D eigenvalue weighted by Crippen LogP contribution is -2.68. The van der Waals surface area contributed by atoms with Crippen LogP contribution in [0.2, 0.25) is 0 Å². The number of aromatic nitrogens is 1. The third kappa shape index (κ3) is 3.64. The maximum atomic E-state index is 11.9. The lowest BCUT2D eigenvalue weighted by Gasteiger charge is -2.53. The van der Waals surface area contributed by atoms with Gasteiger partial charge in [-0.05, 0) is 24.5 Å². The van der Waals surface area contributed by atoms with E-state index in [0.29, 0.717) is 26.3 Å². The molecular formula is C17H25N3O3. The van der Waals surface area contributed by atoms with Crippen LogP contribution in [0, 0.1) is 6.92 Å². The summed E-state index contributed by atoms with van der Waals surface area (Å²) in [5.41, 5.74) is 2.04. The Morgan fingerprint density at radius 2 is 2.26 bits per heavy atom. The van der Waals surface area contributed by atoms with Crippen molar-refractivity contribution in [2.45, 2.75) is 38.1 Å². The summed E-state index contributed by atoms with van der Waals surface area (Å²) >= 11 is 0. The summed E-state index contributed by atoms with van der Waals surface area (Å²) in [6.45, 7) is 4.63. The number of aryl methyl sites for hydroxylation is 1. The number of amides is 2. The second-order valence-electron chi connectivity index (χ2n) is 6.86. The van der Waals surface area contributed by atoms with E-state index >= 15 is 0 Å². The molecule has 1 atom stereocenters. The Morgan fingerprint density at radius 3 is 2.96 bits per heavy atom. The standard InChI is InChI=1S/C17H25N3O3/c1-13-6-14(9-18-8-13)10-22-15-4-5-23-17(7-15)11-20(12-17)16(21)19(2)3/h6,8-9,15H,4-5,7,10-12H2,1-3H3. The summed E-state index contributed by atoms with van der Waals surface area (Å²) in [5.74, 6) is 0. The SMILES string of the molecule is Cc1cncc(COC2CCOC3(C2)CN(C(=O)N(C)C)C3)c1. The molecule has 2 amide bonds. The Bertz CT molecular complexity index is 570. The number of likely N-dealkylation sites (tertiary alicyclic amines) is 1. The van der Waals surface area contributed by atoms with E-state index < -0.39 is 0 Å². The average Bonchev–Trinajstić information content (AvgIpc) is 2.50. The Labute approximate surface area is 137 Å². The summed E-state index contributed by atoms with van der Waals surface area (Å²) in [4.78, 5) is 19.6. The van der Waals surface area contributed by atoms with Crippen molar-refractivity contribution in [1.82, 2.24) is 14.8 Å². The second kappa shape index (κ2) is 6.45. The Balaban J connectivity index is 1.51. The highest BCUT2D eigenvalue weighted by atomic mass is 16.5. The van der Waals surface area contributed by atoms with Crippen molar-refractivity contribution in [2.75, 3.05) is 33.8 Å². The number of carbonyl (C=O) groups is 1. The molecule has 1 unspecified atom stereocenters. The number of hydrogen-bond donors (Lipinski definition) is 0. The Hall–Kier alpha value is -1.66. The topological polar surface area (TPSA) is 54.9 Å². The second-order valence-corrected chi connectivity index (χ2v) is 6.86. The molecule has 2 aliphatic heterocycles. The van der Waals surface area contributed by atoms with Gasteiger partial charge in [0.15, 0.2) is 0 Å². The van der Waals surface area contributed by atoms with Crippen LogP contribution in [-0.2, 0) is 16.1 Å². The highest BCUT2D eigenvalue weighted by molar-refractivity contribution is 5.75. The number of rotatable bonds is 3. The van der Waals surface area contributed by atoms with Crippen LogP contribution in [0.5, 0.6) is 0 Å². The Kier molecular flexibility index (Phi) is 4.55. The zero-order valence-corrected chi connectivity index (χ0v) is 14.1. The molecule has 0 aromatic carbocycles. The smallest absolute Gasteiger partial charge is 0.319 e. The molecule has 1 aromatic heterocycles. The van der Waals surface area contributed by atoms with Gasteiger partial charge in [-0.1, -0.05) is 6.07 Å². The molecule has 23 heavy (non-hydrogen) atoms. The number of hydrogen-bond acceptors (Lipinski definition) is 4. The van der Waals surface area contributed by atoms with Gasteiger partial charge in [0.1, 0.15) is 5.60 Å². The third-order valence-electron chi connectivity index (χ3n) is 4.48. The minimum Gasteiger partial charge on any atom is -0.373 e. The first-order valence-corrected chi connectivity index (χ1v) is 8.10. The van der Waals surface area contributed by atoms with E-state index in [9.17, 15) is 4.79 Å². The maximum absolute atomic E-state index is 11.9. The largest absolute Gasteiger partial charge is 0.373 e. The van der Waals surface area contributed by atoms with Crippen LogP contribution in [-0.4, -0.2) is 66.3 Å². The zero-order chi connectivity index (χ0) is 16.4. The van der Waals surface area contributed by atoms with Gasteiger partial charge in [0.05, 0.1) is 25.8 Å². The van der Waals surface area contributed by atoms with Crippen molar-refractivity contribution in [1.29, 1.82) is 0 Å². The first-order valence-electron chi connectivity index (χ1n) is 8.10. The summed E-state index contributed by atoms with van der Waals surface area (Å²) in [5, 5.41) is 0. The van der Waals surface area contributed by atoms with Crippen molar-refractivity contribution in [3.8, 4) is 0 Å². The number of urea groups is 1. The first kappa shape index (κ1) is 16.2. The molecule has 0 radical (unpaired) electrons. The summed E-state index contributed by atoms with van der Waals surface area (Å²) in [6, 6.07) is 2.15. The molecule has 6 nitrogen and oxygen atoms in total. The van der Waals surface area contributed by atoms with Crippen molar-refractivity contribution in [2.24, 2.45) is 0 Å². The van der Waals surface area contributed by atoms with Gasteiger partial charge in [0, 0.05) is 39.5 Å². The molecule has 2 saturated heterocycles. The zero-order valence-electron chi connectivity index (χ0n) is 14.1. The molecule has 0 saturated carbocycles. The molecule has 3 rings (SSSR count). The van der Waals surface area contributed by atoms with E-state index in [1.54, 1.807) is 19.0 Å². The molecule has 2 fully saturated rings. The van der Waals surface area contributed by atoms with Gasteiger partial charge >= 0.3 is 6.03 Å². The van der Waals surface area contributed by atoms with Crippen LogP contribution in [0.4, 0.5) is 4.79 Å². The minimum absolute atomic E-state index is 0.0492. The van der Waals surface area contributed by atoms with Crippen molar-refractivity contribution in [3.63, 3.8) is 0 Å². The van der Waals surface area contributed by atoms with Gasteiger partial charge in [-0.25, -0.2) is 4.79 Å². The first-order chi connectivity index (χ1) is 11.0. The van der Waals surface area contributed by atoms with E-state index in [1.165, 1.54) is 0 Å². The maximum Gasteiger partial charge on any atom is 0.319 e. The molecule has 0 N–H and O–H groups in total. The fraction of sp³-hybridized carbons (Fsp3) is 0.647.